The summed E-state index contributed by atoms with van der Waals surface area (Å²) >= 11 is 32.8. The molecular formula is C108H91Cl6F26NO2. The van der Waals surface area contributed by atoms with Crippen molar-refractivity contribution >= 4 is 69.6 Å². The average Bonchev–Trinajstić information content (AvgIpc) is 0.860. The molecule has 0 saturated heterocycles. The largest absolute Gasteiger partial charge is 0.573 e. The first-order valence-electron chi connectivity index (χ1n) is 41.0. The highest BCUT2D eigenvalue weighted by Crippen LogP contribution is 2.27. The minimum Gasteiger partial charge on any atom is -0.406 e. The number of hydrogen-bond acceptors (Lipinski definition) is 3. The maximum absolute atomic E-state index is 12.8. The van der Waals surface area contributed by atoms with E-state index in [0.29, 0.717) is 70.7 Å². The number of aryl methyl sites for hydroxylation is 13. The summed E-state index contributed by atoms with van der Waals surface area (Å²) in [5.74, 6) is -16.2. The van der Waals surface area contributed by atoms with Crippen LogP contribution in [0.4, 0.5) is 114 Å². The first-order valence-corrected chi connectivity index (χ1v) is 43.3. The van der Waals surface area contributed by atoms with Crippen LogP contribution in [-0.4, -0.2) is 11.5 Å². The lowest BCUT2D eigenvalue weighted by atomic mass is 10.1. The van der Waals surface area contributed by atoms with Gasteiger partial charge in [-0.25, -0.2) is 101 Å². The van der Waals surface area contributed by atoms with E-state index in [2.05, 4.69) is 4.74 Å². The predicted octanol–water partition coefficient (Wildman–Crippen LogP) is 37.3. The second-order valence-electron chi connectivity index (χ2n) is 29.8. The van der Waals surface area contributed by atoms with Crippen molar-refractivity contribution in [3.8, 4) is 11.8 Å². The van der Waals surface area contributed by atoms with E-state index in [9.17, 15) is 114 Å². The molecular weight excluding hydrogens is 2050 g/mol. The molecule has 0 fully saturated rings. The first kappa shape index (κ1) is 128. The molecule has 764 valence electrons. The quantitative estimate of drug-likeness (QED) is 0.107. The molecule has 0 bridgehead atoms. The maximum atomic E-state index is 12.8. The van der Waals surface area contributed by atoms with Crippen LogP contribution in [0.3, 0.4) is 0 Å². The molecule has 0 spiro atoms. The summed E-state index contributed by atoms with van der Waals surface area (Å²) in [5.41, 5.74) is 9.35. The van der Waals surface area contributed by atoms with Crippen molar-refractivity contribution in [2.75, 3.05) is 0 Å². The zero-order chi connectivity index (χ0) is 109. The van der Waals surface area contributed by atoms with Crippen LogP contribution in [0.15, 0.2) is 261 Å². The average molecular weight is 2140 g/mol. The summed E-state index contributed by atoms with van der Waals surface area (Å²) in [6, 6.07) is 61.2. The lowest BCUT2D eigenvalue weighted by Gasteiger charge is -2.08. The molecule has 35 heteroatoms. The van der Waals surface area contributed by atoms with Gasteiger partial charge in [-0.1, -0.05) is 154 Å². The summed E-state index contributed by atoms with van der Waals surface area (Å²) in [5, 5.41) is 18.7. The number of nitrogens with zero attached hydrogens (tertiary/aromatic N) is 1. The third-order valence-electron chi connectivity index (χ3n) is 17.5. The van der Waals surface area contributed by atoms with E-state index in [1.54, 1.807) is 90.9 Å². The fourth-order valence-corrected chi connectivity index (χ4v) is 10.8. The smallest absolute Gasteiger partial charge is 0.406 e. The Morgan fingerprint density at radius 3 is 1.07 bits per heavy atom. The van der Waals surface area contributed by atoms with Gasteiger partial charge in [-0.05, 0) is 346 Å². The highest BCUT2D eigenvalue weighted by molar-refractivity contribution is 6.34. The van der Waals surface area contributed by atoms with Crippen LogP contribution in [0, 0.1) is 249 Å². The number of halogens is 32. The van der Waals surface area contributed by atoms with E-state index in [1.165, 1.54) is 174 Å². The Morgan fingerprint density at radius 2 is 0.650 bits per heavy atom. The summed E-state index contributed by atoms with van der Waals surface area (Å²) < 4.78 is 322. The molecule has 15 rings (SSSR count). The molecule has 0 amide bonds. The zero-order valence-corrected chi connectivity index (χ0v) is 83.0. The monoisotopic (exact) mass is 2140 g/mol. The van der Waals surface area contributed by atoms with Crippen LogP contribution < -0.4 is 4.74 Å². The normalized spacial score (nSPS) is 9.84. The van der Waals surface area contributed by atoms with Gasteiger partial charge in [-0.3, -0.25) is 0 Å². The minimum atomic E-state index is -4.60. The molecule has 0 radical (unpaired) electrons. The van der Waals surface area contributed by atoms with Crippen LogP contribution in [0.5, 0.6) is 5.75 Å². The zero-order valence-electron chi connectivity index (χ0n) is 78.4. The second-order valence-corrected chi connectivity index (χ2v) is 32.3. The van der Waals surface area contributed by atoms with Crippen LogP contribution in [0.25, 0.3) is 0 Å². The Morgan fingerprint density at radius 1 is 0.245 bits per heavy atom. The van der Waals surface area contributed by atoms with Gasteiger partial charge >= 0.3 is 6.36 Å². The van der Waals surface area contributed by atoms with Crippen molar-refractivity contribution in [2.24, 2.45) is 0 Å². The van der Waals surface area contributed by atoms with Gasteiger partial charge in [0.2, 0.25) is 0 Å². The van der Waals surface area contributed by atoms with E-state index in [0.717, 1.165) is 89.0 Å². The van der Waals surface area contributed by atoms with Crippen molar-refractivity contribution in [2.45, 2.75) is 117 Å². The van der Waals surface area contributed by atoms with Gasteiger partial charge in [0.1, 0.15) is 81.4 Å². The molecule has 3 nitrogen and oxygen atoms in total. The van der Waals surface area contributed by atoms with Gasteiger partial charge < -0.3 is 9.84 Å². The lowest BCUT2D eigenvalue weighted by molar-refractivity contribution is -0.274. The number of hydrogen-bond donors (Lipinski definition) is 1. The molecule has 0 aliphatic carbocycles. The maximum Gasteiger partial charge on any atom is 0.573 e. The van der Waals surface area contributed by atoms with E-state index in [-0.39, 0.29) is 67.6 Å². The van der Waals surface area contributed by atoms with Gasteiger partial charge in [-0.2, -0.15) is 5.26 Å². The molecule has 15 aromatic rings. The number of rotatable bonds is 2. The third-order valence-corrected chi connectivity index (χ3v) is 19.3. The van der Waals surface area contributed by atoms with Crippen molar-refractivity contribution < 1.29 is 124 Å². The van der Waals surface area contributed by atoms with Crippen LogP contribution in [0.1, 0.15) is 94.6 Å². The number of ether oxygens (including phenoxy) is 1. The van der Waals surface area contributed by atoms with Crippen molar-refractivity contribution in [1.82, 2.24) is 0 Å². The van der Waals surface area contributed by atoms with E-state index < -0.39 is 111 Å². The van der Waals surface area contributed by atoms with Gasteiger partial charge in [0.15, 0.2) is 58.2 Å². The lowest BCUT2D eigenvalue weighted by Crippen LogP contribution is -2.17. The number of nitriles is 1. The fraction of sp³-hybridized carbons (Fsp3) is 0.157. The van der Waals surface area contributed by atoms with Crippen LogP contribution in [0.2, 0.25) is 30.1 Å². The molecule has 0 saturated carbocycles. The number of benzene rings is 15. The first-order chi connectivity index (χ1) is 66.6. The second kappa shape index (κ2) is 65.6. The van der Waals surface area contributed by atoms with Gasteiger partial charge in [0.25, 0.3) is 0 Å². The molecule has 15 aromatic carbocycles. The summed E-state index contributed by atoms with van der Waals surface area (Å²) in [6.45, 7) is 24.5. The minimum absolute atomic E-state index is 0.0427. The van der Waals surface area contributed by atoms with E-state index in [4.69, 9.17) is 80.0 Å². The fourth-order valence-electron chi connectivity index (χ4n) is 9.76. The molecule has 0 heterocycles. The van der Waals surface area contributed by atoms with Gasteiger partial charge in [0.05, 0.1) is 33.3 Å². The molecule has 0 atom stereocenters. The molecule has 0 unspecified atom stereocenters. The Hall–Kier alpha value is -12.5. The van der Waals surface area contributed by atoms with Gasteiger partial charge in [0, 0.05) is 38.3 Å². The Bertz CT molecular complexity index is 5990. The standard InChI is InChI=1S/C8H7F3O.C8H6FN.C8H10O.C7H5Cl2F.C7H5ClF2.3C7H6ClF.2C7H5F3.5C7H6F2/c1-6-3-2-4-7(5-6)12-8(9,10)11;1-6-4-7(5-10)2-3-8(6)9;1-7-3-2-4-8(5-7)6-9;1-4-5(8)2-3-6(9)7(4)10;1-4-2-5(8)7(10)3-6(4)9;1-5-4-6(8)2-3-7(5)9;1-5-2-3-6(8)4-7(5)9;1-5-2-3-6(8)7(9)4-5;1-4-2-5(8)7(10)6(9)3-4;1-4-2-3-5(8)7(10)6(4)9;1-5-2-6(8)4-7(9)3-5;1-5-4-6(8)2-3-7(5)9;1-5-2-3-6(8)7(9)4-5;1-5-6(8)3-2-4-7(5)9;1-5-3-2-4-6(8)7(5)9/h2-5H,1H3;2-4H,1H3;2-5,9H,6H2,1H3;2*2-3H,1H3;3*2-4H,1H3;2*2-3H,1H3;5*2-4H,1H3. The number of aliphatic hydroxyl groups is 1. The molecule has 0 aliphatic rings. The Kier molecular flexibility index (Phi) is 58.9. The van der Waals surface area contributed by atoms with Crippen molar-refractivity contribution in [3.63, 3.8) is 0 Å². The Labute approximate surface area is 841 Å². The van der Waals surface area contributed by atoms with E-state index >= 15 is 0 Å². The summed E-state index contributed by atoms with van der Waals surface area (Å²) in [7, 11) is 0. The number of aliphatic hydroxyl groups excluding tert-OH is 1. The summed E-state index contributed by atoms with van der Waals surface area (Å²) in [6.07, 6.45) is -4.60. The Balaban J connectivity index is 0.000000766. The predicted molar refractivity (Wildman–Crippen MR) is 514 cm³/mol. The highest BCUT2D eigenvalue weighted by atomic mass is 35.5. The van der Waals surface area contributed by atoms with Crippen molar-refractivity contribution in [3.05, 3.63) is 519 Å². The topological polar surface area (TPSA) is 53.2 Å². The molecule has 0 aliphatic heterocycles. The van der Waals surface area contributed by atoms with Crippen molar-refractivity contribution in [1.29, 1.82) is 5.26 Å². The van der Waals surface area contributed by atoms with Gasteiger partial charge in [-0.15, -0.1) is 13.2 Å². The summed E-state index contributed by atoms with van der Waals surface area (Å²) in [4.78, 5) is 0. The SMILES string of the molecule is Cc1c(Cl)ccc(Cl)c1F.Cc1c(F)cccc1F.Cc1cc(C#N)ccc1F.Cc1cc(Cl)c(F)cc1F.Cc1cc(Cl)ccc1F.Cc1cc(F)c(F)c(F)c1.Cc1cc(F)cc(F)c1.Cc1cc(F)ccc1F.Cc1ccc(Cl)c(F)c1.Cc1ccc(Cl)cc1F.Cc1ccc(F)c(F)c1.Cc1ccc(F)c(F)c1F.Cc1cccc(CO)c1.Cc1cccc(F)c1F.Cc1cccc(OC(F)(F)F)c1. The third kappa shape index (κ3) is 52.3. The number of alkyl halides is 3. The highest BCUT2D eigenvalue weighted by Gasteiger charge is 2.31. The molecule has 143 heavy (non-hydrogen) atoms. The van der Waals surface area contributed by atoms with E-state index in [1.807, 2.05) is 44.2 Å². The van der Waals surface area contributed by atoms with Crippen LogP contribution >= 0.6 is 69.6 Å². The molecule has 1 N–H and O–H groups in total. The molecule has 0 aromatic heterocycles. The van der Waals surface area contributed by atoms with Crippen LogP contribution in [-0.2, 0) is 6.61 Å².